The van der Waals surface area contributed by atoms with Crippen LogP contribution in [0.4, 0.5) is 5.69 Å². The first-order chi connectivity index (χ1) is 9.69. The van der Waals surface area contributed by atoms with Gasteiger partial charge in [-0.1, -0.05) is 30.7 Å². The first-order valence-electron chi connectivity index (χ1n) is 6.80. The molecule has 0 fully saturated rings. The van der Waals surface area contributed by atoms with Crippen molar-refractivity contribution in [1.82, 2.24) is 4.98 Å². The fourth-order valence-electron chi connectivity index (χ4n) is 1.90. The molecule has 0 saturated heterocycles. The molecular formula is C16H19ClN2O. The molecule has 0 aliphatic rings. The van der Waals surface area contributed by atoms with Crippen LogP contribution in [0.5, 0.6) is 5.75 Å². The van der Waals surface area contributed by atoms with Crippen molar-refractivity contribution >= 4 is 17.3 Å². The molecule has 106 valence electrons. The molecule has 2 rings (SSSR count). The van der Waals surface area contributed by atoms with Crippen molar-refractivity contribution in [2.24, 2.45) is 0 Å². The second-order valence-corrected chi connectivity index (χ2v) is 5.04. The maximum atomic E-state index is 5.88. The molecular weight excluding hydrogens is 272 g/mol. The van der Waals surface area contributed by atoms with E-state index in [1.165, 1.54) is 5.56 Å². The predicted octanol–water partition coefficient (Wildman–Crippen LogP) is 4.70. The van der Waals surface area contributed by atoms with E-state index in [1.807, 2.05) is 24.3 Å². The molecule has 4 heteroatoms. The molecule has 1 N–H and O–H groups in total. The number of hydrogen-bond donors (Lipinski definition) is 1. The summed E-state index contributed by atoms with van der Waals surface area (Å²) in [5.74, 6) is 0.912. The first kappa shape index (κ1) is 14.7. The van der Waals surface area contributed by atoms with E-state index < -0.39 is 0 Å². The predicted molar refractivity (Wildman–Crippen MR) is 83.5 cm³/mol. The third-order valence-corrected chi connectivity index (χ3v) is 3.17. The van der Waals surface area contributed by atoms with E-state index in [0.29, 0.717) is 5.15 Å². The number of rotatable bonds is 6. The van der Waals surface area contributed by atoms with Crippen molar-refractivity contribution in [1.29, 1.82) is 0 Å². The third kappa shape index (κ3) is 4.14. The summed E-state index contributed by atoms with van der Waals surface area (Å²) >= 11 is 5.88. The summed E-state index contributed by atoms with van der Waals surface area (Å²) < 4.78 is 5.58. The number of nitrogens with one attached hydrogen (secondary N) is 1. The van der Waals surface area contributed by atoms with Crippen LogP contribution in [-0.4, -0.2) is 11.6 Å². The molecule has 0 amide bonds. The van der Waals surface area contributed by atoms with E-state index in [9.17, 15) is 0 Å². The summed E-state index contributed by atoms with van der Waals surface area (Å²) in [7, 11) is 0. The van der Waals surface area contributed by atoms with Crippen LogP contribution >= 0.6 is 11.6 Å². The molecule has 1 unspecified atom stereocenters. The minimum atomic E-state index is 0.189. The molecule has 0 spiro atoms. The molecule has 0 bridgehead atoms. The summed E-state index contributed by atoms with van der Waals surface area (Å²) in [6, 6.07) is 12.1. The minimum absolute atomic E-state index is 0.189. The van der Waals surface area contributed by atoms with Crippen LogP contribution in [0.2, 0.25) is 5.15 Å². The number of anilines is 1. The average molecular weight is 291 g/mol. The Hall–Kier alpha value is -1.74. The SMILES string of the molecule is CCCOc1ccc(C(C)Nc2ccnc(Cl)c2)cc1. The van der Waals surface area contributed by atoms with Crippen molar-refractivity contribution in [3.05, 3.63) is 53.3 Å². The van der Waals surface area contributed by atoms with Crippen LogP contribution in [0.15, 0.2) is 42.6 Å². The second kappa shape index (κ2) is 7.15. The monoisotopic (exact) mass is 290 g/mol. The van der Waals surface area contributed by atoms with Gasteiger partial charge in [-0.3, -0.25) is 0 Å². The summed E-state index contributed by atoms with van der Waals surface area (Å²) in [4.78, 5) is 3.97. The highest BCUT2D eigenvalue weighted by Crippen LogP contribution is 2.22. The summed E-state index contributed by atoms with van der Waals surface area (Å²) in [5.41, 5.74) is 2.16. The number of nitrogens with zero attached hydrogens (tertiary/aromatic N) is 1. The summed E-state index contributed by atoms with van der Waals surface area (Å²) in [6.45, 7) is 4.96. The van der Waals surface area contributed by atoms with Gasteiger partial charge in [0.2, 0.25) is 0 Å². The Kier molecular flexibility index (Phi) is 5.24. The number of benzene rings is 1. The smallest absolute Gasteiger partial charge is 0.131 e. The van der Waals surface area contributed by atoms with Gasteiger partial charge in [0.1, 0.15) is 10.9 Å². The van der Waals surface area contributed by atoms with Gasteiger partial charge in [-0.2, -0.15) is 0 Å². The van der Waals surface area contributed by atoms with E-state index in [1.54, 1.807) is 6.20 Å². The number of aromatic nitrogens is 1. The molecule has 0 aliphatic carbocycles. The molecule has 2 aromatic rings. The van der Waals surface area contributed by atoms with Crippen molar-refractivity contribution in [2.75, 3.05) is 11.9 Å². The van der Waals surface area contributed by atoms with Gasteiger partial charge in [0, 0.05) is 17.9 Å². The fraction of sp³-hybridized carbons (Fsp3) is 0.312. The van der Waals surface area contributed by atoms with Gasteiger partial charge in [0.05, 0.1) is 6.61 Å². The lowest BCUT2D eigenvalue weighted by Crippen LogP contribution is -2.06. The zero-order chi connectivity index (χ0) is 14.4. The lowest BCUT2D eigenvalue weighted by Gasteiger charge is -2.16. The van der Waals surface area contributed by atoms with Gasteiger partial charge in [0.15, 0.2) is 0 Å². The first-order valence-corrected chi connectivity index (χ1v) is 7.17. The molecule has 1 heterocycles. The molecule has 20 heavy (non-hydrogen) atoms. The van der Waals surface area contributed by atoms with Gasteiger partial charge in [-0.05, 0) is 43.2 Å². The summed E-state index contributed by atoms with van der Waals surface area (Å²) in [6.07, 6.45) is 2.71. The highest BCUT2D eigenvalue weighted by molar-refractivity contribution is 6.29. The van der Waals surface area contributed by atoms with Crippen LogP contribution in [0.25, 0.3) is 0 Å². The zero-order valence-electron chi connectivity index (χ0n) is 11.8. The highest BCUT2D eigenvalue weighted by atomic mass is 35.5. The molecule has 0 aliphatic heterocycles. The molecule has 3 nitrogen and oxygen atoms in total. The zero-order valence-corrected chi connectivity index (χ0v) is 12.5. The molecule has 1 atom stereocenters. The maximum absolute atomic E-state index is 5.88. The Balaban J connectivity index is 2.00. The van der Waals surface area contributed by atoms with Gasteiger partial charge in [0.25, 0.3) is 0 Å². The lowest BCUT2D eigenvalue weighted by atomic mass is 10.1. The molecule has 1 aromatic heterocycles. The van der Waals surface area contributed by atoms with Crippen LogP contribution in [0.1, 0.15) is 31.9 Å². The van der Waals surface area contributed by atoms with Gasteiger partial charge in [-0.15, -0.1) is 0 Å². The number of hydrogen-bond acceptors (Lipinski definition) is 3. The van der Waals surface area contributed by atoms with Gasteiger partial charge < -0.3 is 10.1 Å². The molecule has 0 saturated carbocycles. The van der Waals surface area contributed by atoms with Crippen LogP contribution in [-0.2, 0) is 0 Å². The van der Waals surface area contributed by atoms with Gasteiger partial charge in [-0.25, -0.2) is 4.98 Å². The Labute approximate surface area is 124 Å². The fourth-order valence-corrected chi connectivity index (χ4v) is 2.07. The second-order valence-electron chi connectivity index (χ2n) is 4.65. The normalized spacial score (nSPS) is 11.9. The van der Waals surface area contributed by atoms with E-state index >= 15 is 0 Å². The molecule has 0 radical (unpaired) electrons. The third-order valence-electron chi connectivity index (χ3n) is 2.96. The standard InChI is InChI=1S/C16H19ClN2O/c1-3-10-20-15-6-4-13(5-7-15)12(2)19-14-8-9-18-16(17)11-14/h4-9,11-12H,3,10H2,1-2H3,(H,18,19). The van der Waals surface area contributed by atoms with E-state index in [2.05, 4.69) is 36.3 Å². The quantitative estimate of drug-likeness (QED) is 0.783. The van der Waals surface area contributed by atoms with Crippen LogP contribution < -0.4 is 10.1 Å². The van der Waals surface area contributed by atoms with Crippen LogP contribution in [0.3, 0.4) is 0 Å². The largest absolute Gasteiger partial charge is 0.494 e. The van der Waals surface area contributed by atoms with Crippen molar-refractivity contribution in [3.8, 4) is 5.75 Å². The average Bonchev–Trinajstić information content (AvgIpc) is 2.45. The number of ether oxygens (including phenoxy) is 1. The van der Waals surface area contributed by atoms with Crippen molar-refractivity contribution in [2.45, 2.75) is 26.3 Å². The Bertz CT molecular complexity index is 542. The Morgan fingerprint density at radius 1 is 1.25 bits per heavy atom. The topological polar surface area (TPSA) is 34.1 Å². The molecule has 1 aromatic carbocycles. The van der Waals surface area contributed by atoms with E-state index in [4.69, 9.17) is 16.3 Å². The van der Waals surface area contributed by atoms with Gasteiger partial charge >= 0.3 is 0 Å². The number of pyridine rings is 1. The lowest BCUT2D eigenvalue weighted by molar-refractivity contribution is 0.317. The van der Waals surface area contributed by atoms with Crippen LogP contribution in [0, 0.1) is 0 Å². The highest BCUT2D eigenvalue weighted by Gasteiger charge is 2.06. The minimum Gasteiger partial charge on any atom is -0.494 e. The Morgan fingerprint density at radius 3 is 2.65 bits per heavy atom. The van der Waals surface area contributed by atoms with Crippen molar-refractivity contribution in [3.63, 3.8) is 0 Å². The van der Waals surface area contributed by atoms with E-state index in [0.717, 1.165) is 24.5 Å². The maximum Gasteiger partial charge on any atom is 0.131 e. The van der Waals surface area contributed by atoms with Crippen molar-refractivity contribution < 1.29 is 4.74 Å². The Morgan fingerprint density at radius 2 is 2.00 bits per heavy atom. The summed E-state index contributed by atoms with van der Waals surface area (Å²) in [5, 5.41) is 3.89. The number of halogens is 1. The van der Waals surface area contributed by atoms with E-state index in [-0.39, 0.29) is 6.04 Å².